The van der Waals surface area contributed by atoms with E-state index in [1.807, 2.05) is 24.3 Å². The van der Waals surface area contributed by atoms with Crippen LogP contribution in [0.3, 0.4) is 0 Å². The van der Waals surface area contributed by atoms with E-state index in [1.165, 1.54) is 17.9 Å². The topological polar surface area (TPSA) is 66.8 Å². The molecule has 0 aromatic heterocycles. The molecule has 0 saturated carbocycles. The van der Waals surface area contributed by atoms with Gasteiger partial charge in [-0.3, -0.25) is 9.59 Å². The van der Waals surface area contributed by atoms with E-state index < -0.39 is 11.5 Å². The third-order valence-corrected chi connectivity index (χ3v) is 5.74. The summed E-state index contributed by atoms with van der Waals surface area (Å²) in [5, 5.41) is 11.6. The van der Waals surface area contributed by atoms with Crippen molar-refractivity contribution in [2.75, 3.05) is 11.5 Å². The highest BCUT2D eigenvalue weighted by molar-refractivity contribution is 6.44. The number of aliphatic hydroxyl groups is 1. The Morgan fingerprint density at radius 3 is 2.62 bits per heavy atom. The Labute approximate surface area is 180 Å². The van der Waals surface area contributed by atoms with Gasteiger partial charge in [-0.1, -0.05) is 60.8 Å². The lowest BCUT2D eigenvalue weighted by Gasteiger charge is -2.23. The molecule has 0 spiro atoms. The van der Waals surface area contributed by atoms with Crippen LogP contribution in [0.4, 0.5) is 5.69 Å². The normalized spacial score (nSPS) is 18.1. The molecule has 1 aliphatic heterocycles. The fourth-order valence-corrected chi connectivity index (χ4v) is 3.95. The average Bonchev–Trinajstić information content (AvgIpc) is 2.87. The molecule has 5 nitrogen and oxygen atoms in total. The van der Waals surface area contributed by atoms with Crippen LogP contribution in [0.1, 0.15) is 44.2 Å². The van der Waals surface area contributed by atoms with Gasteiger partial charge in [0.25, 0.3) is 5.91 Å². The number of benzene rings is 2. The summed E-state index contributed by atoms with van der Waals surface area (Å²) in [6.07, 6.45) is 1.59. The molecule has 1 heterocycles. The van der Waals surface area contributed by atoms with E-state index >= 15 is 0 Å². The molecule has 1 aliphatic rings. The first-order chi connectivity index (χ1) is 13.8. The van der Waals surface area contributed by atoms with Crippen LogP contribution in [0.25, 0.3) is 0 Å². The number of amides is 1. The SMILES string of the molecule is CCCCOc1ccccc1CN1C(=O)C(O)(CC(C)=O)c2ccc(Cl)c(Cl)c21. The second-order valence-corrected chi connectivity index (χ2v) is 7.98. The summed E-state index contributed by atoms with van der Waals surface area (Å²) in [6.45, 7) is 4.12. The molecule has 0 aliphatic carbocycles. The molecule has 0 saturated heterocycles. The lowest BCUT2D eigenvalue weighted by Crippen LogP contribution is -2.41. The van der Waals surface area contributed by atoms with Crippen molar-refractivity contribution in [2.24, 2.45) is 0 Å². The zero-order valence-electron chi connectivity index (χ0n) is 16.4. The van der Waals surface area contributed by atoms with E-state index in [9.17, 15) is 14.7 Å². The second-order valence-electron chi connectivity index (χ2n) is 7.20. The fraction of sp³-hybridized carbons (Fsp3) is 0.364. The van der Waals surface area contributed by atoms with Crippen molar-refractivity contribution in [3.63, 3.8) is 0 Å². The molecule has 29 heavy (non-hydrogen) atoms. The van der Waals surface area contributed by atoms with Crippen molar-refractivity contribution < 1.29 is 19.4 Å². The molecule has 0 fully saturated rings. The van der Waals surface area contributed by atoms with Crippen LogP contribution < -0.4 is 9.64 Å². The summed E-state index contributed by atoms with van der Waals surface area (Å²) >= 11 is 12.6. The molecule has 154 valence electrons. The first kappa shape index (κ1) is 21.6. The Bertz CT molecular complexity index is 946. The molecule has 3 rings (SSSR count). The van der Waals surface area contributed by atoms with Gasteiger partial charge in [-0.2, -0.15) is 0 Å². The number of ketones is 1. The number of rotatable bonds is 8. The number of Topliss-reactive ketones (excluding diaryl/α,β-unsaturated/α-hetero) is 1. The van der Waals surface area contributed by atoms with Crippen molar-refractivity contribution >= 4 is 40.6 Å². The van der Waals surface area contributed by atoms with Crippen LogP contribution in [0.15, 0.2) is 36.4 Å². The van der Waals surface area contributed by atoms with Crippen molar-refractivity contribution in [1.82, 2.24) is 0 Å². The first-order valence-corrected chi connectivity index (χ1v) is 10.3. The number of anilines is 1. The summed E-state index contributed by atoms with van der Waals surface area (Å²) < 4.78 is 5.87. The Morgan fingerprint density at radius 2 is 1.93 bits per heavy atom. The van der Waals surface area contributed by atoms with Crippen molar-refractivity contribution in [3.05, 3.63) is 57.6 Å². The predicted octanol–water partition coefficient (Wildman–Crippen LogP) is 4.89. The van der Waals surface area contributed by atoms with Crippen LogP contribution >= 0.6 is 23.2 Å². The molecular formula is C22H23Cl2NO4. The Hall–Kier alpha value is -2.08. The molecule has 2 aromatic rings. The van der Waals surface area contributed by atoms with Crippen molar-refractivity contribution in [2.45, 2.75) is 45.3 Å². The van der Waals surface area contributed by atoms with Gasteiger partial charge >= 0.3 is 0 Å². The minimum Gasteiger partial charge on any atom is -0.493 e. The number of unbranched alkanes of at least 4 members (excludes halogenated alkanes) is 1. The molecule has 1 N–H and O–H groups in total. The van der Waals surface area contributed by atoms with Gasteiger partial charge in [-0.15, -0.1) is 0 Å². The van der Waals surface area contributed by atoms with E-state index in [0.29, 0.717) is 18.0 Å². The number of carbonyl (C=O) groups is 2. The maximum absolute atomic E-state index is 13.2. The Balaban J connectivity index is 2.02. The molecule has 1 unspecified atom stereocenters. The van der Waals surface area contributed by atoms with Gasteiger partial charge in [0, 0.05) is 17.5 Å². The molecule has 0 bridgehead atoms. The van der Waals surface area contributed by atoms with E-state index in [0.717, 1.165) is 18.4 Å². The Morgan fingerprint density at radius 1 is 1.21 bits per heavy atom. The minimum atomic E-state index is -1.96. The Kier molecular flexibility index (Phi) is 6.52. The number of fused-ring (bicyclic) bond motifs is 1. The summed E-state index contributed by atoms with van der Waals surface area (Å²) in [6, 6.07) is 10.5. The van der Waals surface area contributed by atoms with Gasteiger partial charge in [0.05, 0.1) is 28.9 Å². The number of hydrogen-bond acceptors (Lipinski definition) is 4. The largest absolute Gasteiger partial charge is 0.493 e. The van der Waals surface area contributed by atoms with Crippen LogP contribution in [0.5, 0.6) is 5.75 Å². The lowest BCUT2D eigenvalue weighted by molar-refractivity contribution is -0.141. The molecule has 2 aromatic carbocycles. The highest BCUT2D eigenvalue weighted by atomic mass is 35.5. The van der Waals surface area contributed by atoms with E-state index in [-0.39, 0.29) is 34.4 Å². The van der Waals surface area contributed by atoms with Gasteiger partial charge in [0.15, 0.2) is 5.60 Å². The maximum atomic E-state index is 13.2. The van der Waals surface area contributed by atoms with Gasteiger partial charge in [0.1, 0.15) is 11.5 Å². The summed E-state index contributed by atoms with van der Waals surface area (Å²) in [7, 11) is 0. The molecular weight excluding hydrogens is 413 g/mol. The zero-order valence-corrected chi connectivity index (χ0v) is 17.9. The number of para-hydroxylation sites is 1. The quantitative estimate of drug-likeness (QED) is 0.599. The summed E-state index contributed by atoms with van der Waals surface area (Å²) in [5.74, 6) is -0.242. The average molecular weight is 436 g/mol. The third kappa shape index (κ3) is 4.13. The predicted molar refractivity (Wildman–Crippen MR) is 114 cm³/mol. The highest BCUT2D eigenvalue weighted by Crippen LogP contribution is 2.49. The van der Waals surface area contributed by atoms with Gasteiger partial charge in [0.2, 0.25) is 0 Å². The maximum Gasteiger partial charge on any atom is 0.264 e. The van der Waals surface area contributed by atoms with Gasteiger partial charge in [-0.25, -0.2) is 0 Å². The second kappa shape index (κ2) is 8.74. The van der Waals surface area contributed by atoms with Crippen LogP contribution in [-0.4, -0.2) is 23.4 Å². The number of nitrogens with zero attached hydrogens (tertiary/aromatic N) is 1. The van der Waals surface area contributed by atoms with Crippen LogP contribution in [0.2, 0.25) is 10.0 Å². The molecule has 1 amide bonds. The van der Waals surface area contributed by atoms with E-state index in [1.54, 1.807) is 6.07 Å². The smallest absolute Gasteiger partial charge is 0.264 e. The minimum absolute atomic E-state index is 0.133. The fourth-order valence-electron chi connectivity index (χ4n) is 3.53. The highest BCUT2D eigenvalue weighted by Gasteiger charge is 2.51. The number of hydrogen-bond donors (Lipinski definition) is 1. The van der Waals surface area contributed by atoms with Gasteiger partial charge in [-0.05, 0) is 25.5 Å². The van der Waals surface area contributed by atoms with Gasteiger partial charge < -0.3 is 14.7 Å². The van der Waals surface area contributed by atoms with E-state index in [4.69, 9.17) is 27.9 Å². The van der Waals surface area contributed by atoms with Crippen LogP contribution in [-0.2, 0) is 21.7 Å². The zero-order chi connectivity index (χ0) is 21.2. The molecule has 0 radical (unpaired) electrons. The van der Waals surface area contributed by atoms with Crippen molar-refractivity contribution in [1.29, 1.82) is 0 Å². The van der Waals surface area contributed by atoms with Crippen molar-refractivity contribution in [3.8, 4) is 5.75 Å². The summed E-state index contributed by atoms with van der Waals surface area (Å²) in [5.41, 5.74) is -0.577. The molecule has 7 heteroatoms. The standard InChI is InChI=1S/C22H23Cl2NO4/c1-3-4-11-29-18-8-6-5-7-15(18)13-25-20-16(9-10-17(23)19(20)24)22(28,21(25)27)12-14(2)26/h5-10,28H,3-4,11-13H2,1-2H3. The first-order valence-electron chi connectivity index (χ1n) is 9.52. The number of carbonyl (C=O) groups excluding carboxylic acids is 2. The number of halogens is 2. The summed E-state index contributed by atoms with van der Waals surface area (Å²) in [4.78, 5) is 26.4. The third-order valence-electron chi connectivity index (χ3n) is 4.94. The molecule has 1 atom stereocenters. The van der Waals surface area contributed by atoms with Crippen LogP contribution in [0, 0.1) is 0 Å². The number of ether oxygens (including phenoxy) is 1. The monoisotopic (exact) mass is 435 g/mol. The lowest BCUT2D eigenvalue weighted by atomic mass is 9.90. The van der Waals surface area contributed by atoms with E-state index in [2.05, 4.69) is 6.92 Å².